The van der Waals surface area contributed by atoms with E-state index in [1.54, 1.807) is 6.07 Å². The van der Waals surface area contributed by atoms with Crippen LogP contribution in [0.2, 0.25) is 0 Å². The number of nitrogens with zero attached hydrogens (tertiary/aromatic N) is 2. The molecule has 0 saturated carbocycles. The Hall–Kier alpha value is -1.96. The van der Waals surface area contributed by atoms with Gasteiger partial charge in [-0.2, -0.15) is 0 Å². The number of hydrogen-bond donors (Lipinski definition) is 1. The summed E-state index contributed by atoms with van der Waals surface area (Å²) in [7, 11) is 2.01. The second-order valence-corrected chi connectivity index (χ2v) is 5.20. The Morgan fingerprint density at radius 2 is 1.75 bits per heavy atom. The number of nitrogens with one attached hydrogen (secondary N) is 1. The molecule has 0 spiro atoms. The van der Waals surface area contributed by atoms with Crippen LogP contribution in [-0.2, 0) is 4.79 Å². The minimum absolute atomic E-state index is 0.0150. The van der Waals surface area contributed by atoms with Crippen molar-refractivity contribution in [1.82, 2.24) is 4.90 Å². The van der Waals surface area contributed by atoms with Crippen LogP contribution in [0.4, 0.5) is 24.5 Å². The predicted octanol–water partition coefficient (Wildman–Crippen LogP) is 3.32. The van der Waals surface area contributed by atoms with Gasteiger partial charge < -0.3 is 19.9 Å². The highest BCUT2D eigenvalue weighted by atomic mass is 19.4. The molecule has 1 amide bonds. The third-order valence-electron chi connectivity index (χ3n) is 3.37. The summed E-state index contributed by atoms with van der Waals surface area (Å²) in [5.41, 5.74) is 0.771. The van der Waals surface area contributed by atoms with Crippen molar-refractivity contribution in [2.24, 2.45) is 0 Å². The van der Waals surface area contributed by atoms with Crippen LogP contribution in [0.3, 0.4) is 0 Å². The van der Waals surface area contributed by atoms with Crippen molar-refractivity contribution in [3.8, 4) is 5.75 Å². The molecule has 1 N–H and O–H groups in total. The first-order valence-corrected chi connectivity index (χ1v) is 7.85. The number of piperazine rings is 1. The van der Waals surface area contributed by atoms with Crippen molar-refractivity contribution in [2.75, 3.05) is 43.4 Å². The van der Waals surface area contributed by atoms with Crippen LogP contribution in [0.15, 0.2) is 18.2 Å². The summed E-state index contributed by atoms with van der Waals surface area (Å²) >= 11 is 0. The number of hydrogen-bond acceptors (Lipinski definition) is 4. The second kappa shape index (κ2) is 8.77. The van der Waals surface area contributed by atoms with E-state index in [2.05, 4.69) is 19.9 Å². The highest BCUT2D eigenvalue weighted by Gasteiger charge is 2.32. The molecule has 5 nitrogen and oxygen atoms in total. The van der Waals surface area contributed by atoms with Gasteiger partial charge in [0.05, 0.1) is 5.69 Å². The summed E-state index contributed by atoms with van der Waals surface area (Å²) in [6.45, 7) is 8.53. The highest BCUT2D eigenvalue weighted by molar-refractivity contribution is 5.91. The van der Waals surface area contributed by atoms with Crippen molar-refractivity contribution in [3.05, 3.63) is 18.2 Å². The molecule has 8 heteroatoms. The standard InChI is InChI=1S/C14H18F3N3O2.C2H6/c1-10(21)18-12-9-11(20-7-5-19(2)6-8-20)3-4-13(12)22-14(15,16)17;1-2/h3-4,9H,5-8H2,1-2H3,(H,18,21);1-2H3. The minimum atomic E-state index is -4.80. The van der Waals surface area contributed by atoms with E-state index in [0.29, 0.717) is 0 Å². The lowest BCUT2D eigenvalue weighted by molar-refractivity contribution is -0.274. The fraction of sp³-hybridized carbons (Fsp3) is 0.562. The number of rotatable bonds is 3. The number of likely N-dealkylation sites (N-methyl/N-ethyl adjacent to an activating group) is 1. The SMILES string of the molecule is CC.CC(=O)Nc1cc(N2CCN(C)CC2)ccc1OC(F)(F)F. The lowest BCUT2D eigenvalue weighted by Gasteiger charge is -2.34. The molecule has 0 radical (unpaired) electrons. The van der Waals surface area contributed by atoms with Crippen LogP contribution in [0, 0.1) is 0 Å². The average molecular weight is 347 g/mol. The molecule has 0 bridgehead atoms. The number of halogens is 3. The molecule has 1 aliphatic rings. The van der Waals surface area contributed by atoms with Crippen LogP contribution >= 0.6 is 0 Å². The Morgan fingerprint density at radius 3 is 2.25 bits per heavy atom. The Bertz CT molecular complexity index is 542. The Labute approximate surface area is 140 Å². The average Bonchev–Trinajstić information content (AvgIpc) is 2.50. The molecule has 1 saturated heterocycles. The highest BCUT2D eigenvalue weighted by Crippen LogP contribution is 2.34. The van der Waals surface area contributed by atoms with Crippen LogP contribution in [0.25, 0.3) is 0 Å². The zero-order valence-corrected chi connectivity index (χ0v) is 14.4. The molecule has 136 valence electrons. The Kier molecular flexibility index (Phi) is 7.34. The molecule has 1 aromatic carbocycles. The number of benzene rings is 1. The quantitative estimate of drug-likeness (QED) is 0.911. The first-order chi connectivity index (χ1) is 11.2. The van der Waals surface area contributed by atoms with E-state index >= 15 is 0 Å². The monoisotopic (exact) mass is 347 g/mol. The molecule has 2 rings (SSSR count). The Balaban J connectivity index is 0.00000139. The van der Waals surface area contributed by atoms with E-state index in [1.807, 2.05) is 20.9 Å². The maximum Gasteiger partial charge on any atom is 0.573 e. The largest absolute Gasteiger partial charge is 0.573 e. The maximum absolute atomic E-state index is 12.4. The molecule has 0 unspecified atom stereocenters. The summed E-state index contributed by atoms with van der Waals surface area (Å²) in [4.78, 5) is 15.4. The molecule has 24 heavy (non-hydrogen) atoms. The molecule has 1 aliphatic heterocycles. The molecular weight excluding hydrogens is 323 g/mol. The fourth-order valence-corrected chi connectivity index (χ4v) is 2.28. The van der Waals surface area contributed by atoms with Gasteiger partial charge in [0.1, 0.15) is 0 Å². The van der Waals surface area contributed by atoms with E-state index in [4.69, 9.17) is 0 Å². The van der Waals surface area contributed by atoms with Crippen molar-refractivity contribution < 1.29 is 22.7 Å². The second-order valence-electron chi connectivity index (χ2n) is 5.20. The van der Waals surface area contributed by atoms with Crippen LogP contribution < -0.4 is 15.0 Å². The van der Waals surface area contributed by atoms with Crippen molar-refractivity contribution >= 4 is 17.3 Å². The van der Waals surface area contributed by atoms with Crippen LogP contribution in [-0.4, -0.2) is 50.4 Å². The van der Waals surface area contributed by atoms with Gasteiger partial charge in [-0.3, -0.25) is 4.79 Å². The summed E-state index contributed by atoms with van der Waals surface area (Å²) in [5, 5.41) is 2.38. The number of carbonyl (C=O) groups is 1. The lowest BCUT2D eigenvalue weighted by Crippen LogP contribution is -2.44. The van der Waals surface area contributed by atoms with Crippen molar-refractivity contribution in [3.63, 3.8) is 0 Å². The van der Waals surface area contributed by atoms with Gasteiger partial charge in [-0.25, -0.2) is 0 Å². The van der Waals surface area contributed by atoms with Crippen LogP contribution in [0.1, 0.15) is 20.8 Å². The topological polar surface area (TPSA) is 44.8 Å². The first kappa shape index (κ1) is 20.1. The van der Waals surface area contributed by atoms with E-state index < -0.39 is 18.0 Å². The summed E-state index contributed by atoms with van der Waals surface area (Å²) < 4.78 is 41.2. The molecule has 0 aliphatic carbocycles. The number of anilines is 2. The van der Waals surface area contributed by atoms with Crippen molar-refractivity contribution in [1.29, 1.82) is 0 Å². The molecule has 0 atom stereocenters. The lowest BCUT2D eigenvalue weighted by atomic mass is 10.2. The molecule has 1 fully saturated rings. The van der Waals surface area contributed by atoms with Crippen molar-refractivity contribution in [2.45, 2.75) is 27.1 Å². The smallest absolute Gasteiger partial charge is 0.404 e. The van der Waals surface area contributed by atoms with Gasteiger partial charge in [0.15, 0.2) is 5.75 Å². The van der Waals surface area contributed by atoms with E-state index in [1.165, 1.54) is 19.1 Å². The van der Waals surface area contributed by atoms with Gasteiger partial charge >= 0.3 is 6.36 Å². The van der Waals surface area contributed by atoms with E-state index in [-0.39, 0.29) is 5.69 Å². The van der Waals surface area contributed by atoms with Gasteiger partial charge in [0, 0.05) is 38.8 Å². The maximum atomic E-state index is 12.4. The molecular formula is C16H24F3N3O2. The van der Waals surface area contributed by atoms with Crippen LogP contribution in [0.5, 0.6) is 5.75 Å². The predicted molar refractivity (Wildman–Crippen MR) is 88.5 cm³/mol. The minimum Gasteiger partial charge on any atom is -0.404 e. The third-order valence-corrected chi connectivity index (χ3v) is 3.37. The molecule has 1 heterocycles. The summed E-state index contributed by atoms with van der Waals surface area (Å²) in [5.74, 6) is -0.872. The normalized spacial score (nSPS) is 15.4. The van der Waals surface area contributed by atoms with E-state index in [0.717, 1.165) is 31.9 Å². The summed E-state index contributed by atoms with van der Waals surface area (Å²) in [6.07, 6.45) is -4.80. The zero-order valence-electron chi connectivity index (χ0n) is 14.4. The molecule has 0 aromatic heterocycles. The third kappa shape index (κ3) is 6.27. The number of alkyl halides is 3. The molecule has 1 aromatic rings. The zero-order chi connectivity index (χ0) is 18.3. The van der Waals surface area contributed by atoms with Gasteiger partial charge in [-0.05, 0) is 25.2 Å². The number of carbonyl (C=O) groups excluding carboxylic acids is 1. The fourth-order valence-electron chi connectivity index (χ4n) is 2.28. The van der Waals surface area contributed by atoms with Gasteiger partial charge in [0.2, 0.25) is 5.91 Å². The first-order valence-electron chi connectivity index (χ1n) is 7.85. The van der Waals surface area contributed by atoms with Gasteiger partial charge in [0.25, 0.3) is 0 Å². The van der Waals surface area contributed by atoms with E-state index in [9.17, 15) is 18.0 Å². The Morgan fingerprint density at radius 1 is 1.17 bits per heavy atom. The van der Waals surface area contributed by atoms with Gasteiger partial charge in [-0.15, -0.1) is 13.2 Å². The summed E-state index contributed by atoms with van der Waals surface area (Å²) in [6, 6.07) is 4.30. The van der Waals surface area contributed by atoms with Gasteiger partial charge in [-0.1, -0.05) is 13.8 Å². The number of amides is 1. The number of ether oxygens (including phenoxy) is 1.